The molecule has 0 aliphatic carbocycles. The minimum Gasteiger partial charge on any atom is -0.349 e. The fourth-order valence-corrected chi connectivity index (χ4v) is 1.22. The van der Waals surface area contributed by atoms with E-state index in [2.05, 4.69) is 10.3 Å². The Hall–Kier alpha value is -1.13. The van der Waals surface area contributed by atoms with Crippen LogP contribution in [0.3, 0.4) is 0 Å². The van der Waals surface area contributed by atoms with Gasteiger partial charge in [0.1, 0.15) is 0 Å². The third-order valence-electron chi connectivity index (χ3n) is 2.25. The third kappa shape index (κ3) is 3.79. The lowest BCUT2D eigenvalue weighted by atomic mass is 10.1. The number of nitrogens with zero attached hydrogens (tertiary/aromatic N) is 1. The summed E-state index contributed by atoms with van der Waals surface area (Å²) in [5, 5.41) is 3.31. The smallest absolute Gasteiger partial charge is 0.237 e. The molecule has 0 radical (unpaired) electrons. The molecule has 1 atom stereocenters. The topological polar surface area (TPSA) is 68.0 Å². The van der Waals surface area contributed by atoms with Gasteiger partial charge >= 0.3 is 0 Å². The van der Waals surface area contributed by atoms with Crippen molar-refractivity contribution in [2.75, 3.05) is 0 Å². The summed E-state index contributed by atoms with van der Waals surface area (Å²) in [5.74, 6) is -0.0371. The highest BCUT2D eigenvalue weighted by Gasteiger charge is 2.16. The Morgan fingerprint density at radius 2 is 2.25 bits per heavy atom. The molecule has 0 aliphatic heterocycles. The summed E-state index contributed by atoms with van der Waals surface area (Å²) in [7, 11) is 0. The van der Waals surface area contributed by atoms with E-state index < -0.39 is 6.04 Å². The van der Waals surface area contributed by atoms with E-state index in [1.807, 2.05) is 13.8 Å². The molecule has 0 saturated carbocycles. The van der Waals surface area contributed by atoms with Crippen LogP contribution in [0.1, 0.15) is 19.5 Å². The molecule has 5 heteroatoms. The average Bonchev–Trinajstić information content (AvgIpc) is 2.26. The second-order valence-electron chi connectivity index (χ2n) is 3.96. The standard InChI is InChI=1S/C11H16ClN3O/c1-7(2)10(13)11(16)15-6-9-4-3-8(12)5-14-9/h3-5,7,10H,6,13H2,1-2H3,(H,15,16)/t10-/m0/s1. The number of nitrogens with two attached hydrogens (primary N) is 1. The number of carbonyl (C=O) groups excluding carboxylic acids is 1. The van der Waals surface area contributed by atoms with Crippen LogP contribution in [0.2, 0.25) is 5.02 Å². The molecule has 4 nitrogen and oxygen atoms in total. The molecule has 3 N–H and O–H groups in total. The Morgan fingerprint density at radius 3 is 2.75 bits per heavy atom. The molecule has 0 aromatic carbocycles. The quantitative estimate of drug-likeness (QED) is 0.836. The van der Waals surface area contributed by atoms with Gasteiger partial charge in [0, 0.05) is 6.20 Å². The van der Waals surface area contributed by atoms with Crippen molar-refractivity contribution in [3.63, 3.8) is 0 Å². The van der Waals surface area contributed by atoms with Crippen molar-refractivity contribution >= 4 is 17.5 Å². The van der Waals surface area contributed by atoms with E-state index in [0.29, 0.717) is 11.6 Å². The van der Waals surface area contributed by atoms with Gasteiger partial charge in [0.25, 0.3) is 0 Å². The Bertz CT molecular complexity index is 351. The number of pyridine rings is 1. The molecule has 88 valence electrons. The van der Waals surface area contributed by atoms with Crippen molar-refractivity contribution < 1.29 is 4.79 Å². The Labute approximate surface area is 100 Å². The predicted octanol–water partition coefficient (Wildman–Crippen LogP) is 1.33. The van der Waals surface area contributed by atoms with Gasteiger partial charge in [0.15, 0.2) is 0 Å². The van der Waals surface area contributed by atoms with E-state index in [9.17, 15) is 4.79 Å². The molecule has 0 saturated heterocycles. The zero-order chi connectivity index (χ0) is 12.1. The van der Waals surface area contributed by atoms with Gasteiger partial charge < -0.3 is 11.1 Å². The lowest BCUT2D eigenvalue weighted by molar-refractivity contribution is -0.123. The lowest BCUT2D eigenvalue weighted by Gasteiger charge is -2.14. The van der Waals surface area contributed by atoms with Crippen LogP contribution in [-0.4, -0.2) is 16.9 Å². The van der Waals surface area contributed by atoms with Crippen molar-refractivity contribution in [3.8, 4) is 0 Å². The SMILES string of the molecule is CC(C)[C@H](N)C(=O)NCc1ccc(Cl)cn1. The number of aromatic nitrogens is 1. The van der Waals surface area contributed by atoms with Gasteiger partial charge in [0.05, 0.1) is 23.3 Å². The van der Waals surface area contributed by atoms with Gasteiger partial charge in [-0.05, 0) is 18.1 Å². The van der Waals surface area contributed by atoms with Crippen molar-refractivity contribution in [2.45, 2.75) is 26.4 Å². The van der Waals surface area contributed by atoms with Crippen LogP contribution in [0, 0.1) is 5.92 Å². The third-order valence-corrected chi connectivity index (χ3v) is 2.48. The van der Waals surface area contributed by atoms with Gasteiger partial charge in [0.2, 0.25) is 5.91 Å². The van der Waals surface area contributed by atoms with Gasteiger partial charge in [-0.25, -0.2) is 0 Å². The fraction of sp³-hybridized carbons (Fsp3) is 0.455. The molecule has 1 amide bonds. The molecule has 1 aromatic heterocycles. The number of amides is 1. The van der Waals surface area contributed by atoms with Crippen molar-refractivity contribution in [2.24, 2.45) is 11.7 Å². The minimum atomic E-state index is -0.479. The molecule has 0 spiro atoms. The largest absolute Gasteiger partial charge is 0.349 e. The zero-order valence-corrected chi connectivity index (χ0v) is 10.2. The van der Waals surface area contributed by atoms with Crippen molar-refractivity contribution in [1.29, 1.82) is 0 Å². The second-order valence-corrected chi connectivity index (χ2v) is 4.39. The Balaban J connectivity index is 2.46. The number of nitrogens with one attached hydrogen (secondary N) is 1. The number of carbonyl (C=O) groups is 1. The first-order valence-corrected chi connectivity index (χ1v) is 5.52. The van der Waals surface area contributed by atoms with Crippen LogP contribution in [0.25, 0.3) is 0 Å². The summed E-state index contributed by atoms with van der Waals surface area (Å²) in [6, 6.07) is 3.02. The monoisotopic (exact) mass is 241 g/mol. The molecule has 16 heavy (non-hydrogen) atoms. The molecule has 0 fully saturated rings. The van der Waals surface area contributed by atoms with E-state index in [0.717, 1.165) is 5.69 Å². The maximum absolute atomic E-state index is 11.5. The zero-order valence-electron chi connectivity index (χ0n) is 9.40. The highest BCUT2D eigenvalue weighted by Crippen LogP contribution is 2.06. The summed E-state index contributed by atoms with van der Waals surface area (Å²) >= 11 is 5.70. The first-order chi connectivity index (χ1) is 7.50. The lowest BCUT2D eigenvalue weighted by Crippen LogP contribution is -2.43. The molecule has 1 rings (SSSR count). The summed E-state index contributed by atoms with van der Waals surface area (Å²) < 4.78 is 0. The highest BCUT2D eigenvalue weighted by molar-refractivity contribution is 6.30. The van der Waals surface area contributed by atoms with Gasteiger partial charge in [-0.2, -0.15) is 0 Å². The Kier molecular flexibility index (Phi) is 4.71. The Morgan fingerprint density at radius 1 is 1.56 bits per heavy atom. The molecule has 0 bridgehead atoms. The van der Waals surface area contributed by atoms with E-state index in [1.165, 1.54) is 0 Å². The van der Waals surface area contributed by atoms with E-state index >= 15 is 0 Å². The molecule has 1 aromatic rings. The molecular formula is C11H16ClN3O. The van der Waals surface area contributed by atoms with Crippen LogP contribution >= 0.6 is 11.6 Å². The van der Waals surface area contributed by atoms with Gasteiger partial charge in [-0.15, -0.1) is 0 Å². The van der Waals surface area contributed by atoms with Crippen LogP contribution in [0.4, 0.5) is 0 Å². The van der Waals surface area contributed by atoms with Crippen molar-refractivity contribution in [3.05, 3.63) is 29.0 Å². The van der Waals surface area contributed by atoms with Crippen LogP contribution < -0.4 is 11.1 Å². The van der Waals surface area contributed by atoms with E-state index in [-0.39, 0.29) is 11.8 Å². The first-order valence-electron chi connectivity index (χ1n) is 5.14. The first kappa shape index (κ1) is 12.9. The maximum Gasteiger partial charge on any atom is 0.237 e. The minimum absolute atomic E-state index is 0.123. The summed E-state index contributed by atoms with van der Waals surface area (Å²) in [6.07, 6.45) is 1.55. The van der Waals surface area contributed by atoms with E-state index in [1.54, 1.807) is 18.3 Å². The molecule has 0 aliphatic rings. The number of hydrogen-bond acceptors (Lipinski definition) is 3. The van der Waals surface area contributed by atoms with Crippen LogP contribution in [0.15, 0.2) is 18.3 Å². The second kappa shape index (κ2) is 5.82. The van der Waals surface area contributed by atoms with Crippen molar-refractivity contribution in [1.82, 2.24) is 10.3 Å². The summed E-state index contributed by atoms with van der Waals surface area (Å²) in [5.41, 5.74) is 6.45. The predicted molar refractivity (Wildman–Crippen MR) is 63.9 cm³/mol. The molecule has 0 unspecified atom stereocenters. The highest BCUT2D eigenvalue weighted by atomic mass is 35.5. The van der Waals surface area contributed by atoms with E-state index in [4.69, 9.17) is 17.3 Å². The normalized spacial score (nSPS) is 12.6. The van der Waals surface area contributed by atoms with Crippen LogP contribution in [0.5, 0.6) is 0 Å². The fourth-order valence-electron chi connectivity index (χ4n) is 1.11. The van der Waals surface area contributed by atoms with Gasteiger partial charge in [-0.3, -0.25) is 9.78 Å². The maximum atomic E-state index is 11.5. The summed E-state index contributed by atoms with van der Waals surface area (Å²) in [6.45, 7) is 4.19. The van der Waals surface area contributed by atoms with Crippen LogP contribution in [-0.2, 0) is 11.3 Å². The molecule has 1 heterocycles. The average molecular weight is 242 g/mol. The summed E-state index contributed by atoms with van der Waals surface area (Å²) in [4.78, 5) is 15.6. The van der Waals surface area contributed by atoms with Gasteiger partial charge in [-0.1, -0.05) is 25.4 Å². The number of hydrogen-bond donors (Lipinski definition) is 2. The number of halogens is 1. The number of rotatable bonds is 4. The molecular weight excluding hydrogens is 226 g/mol.